The second kappa shape index (κ2) is 8.55. The van der Waals surface area contributed by atoms with Crippen LogP contribution >= 0.6 is 11.6 Å². The van der Waals surface area contributed by atoms with Gasteiger partial charge in [-0.15, -0.1) is 0 Å². The molecule has 1 atom stereocenters. The summed E-state index contributed by atoms with van der Waals surface area (Å²) in [4.78, 5) is 14.3. The molecule has 4 nitrogen and oxygen atoms in total. The third-order valence-corrected chi connectivity index (χ3v) is 5.07. The molecule has 0 bridgehead atoms. The van der Waals surface area contributed by atoms with Gasteiger partial charge in [-0.3, -0.25) is 9.00 Å². The maximum atomic E-state index is 12.7. The summed E-state index contributed by atoms with van der Waals surface area (Å²) in [7, 11) is 0.788. The van der Waals surface area contributed by atoms with Crippen molar-refractivity contribution in [2.24, 2.45) is 0 Å². The summed E-state index contributed by atoms with van der Waals surface area (Å²) >= 11 is 5.91. The van der Waals surface area contributed by atoms with Crippen molar-refractivity contribution in [3.63, 3.8) is 0 Å². The molecule has 0 aliphatic heterocycles. The van der Waals surface area contributed by atoms with Gasteiger partial charge in [-0.25, -0.2) is 0 Å². The van der Waals surface area contributed by atoms with E-state index in [1.807, 2.05) is 48.5 Å². The highest BCUT2D eigenvalue weighted by molar-refractivity contribution is 7.83. The molecule has 0 aliphatic rings. The van der Waals surface area contributed by atoms with Crippen LogP contribution < -0.4 is 0 Å². The molecule has 3 aromatic rings. The number of hydrogen-bond donors (Lipinski definition) is 0. The third kappa shape index (κ3) is 5.08. The first-order valence-electron chi connectivity index (χ1n) is 8.41. The lowest BCUT2D eigenvalue weighted by molar-refractivity contribution is 0.0775. The third-order valence-electron chi connectivity index (χ3n) is 4.07. The number of furan rings is 1. The predicted octanol–water partition coefficient (Wildman–Crippen LogP) is 4.75. The van der Waals surface area contributed by atoms with Crippen LogP contribution in [0.25, 0.3) is 11.3 Å². The quantitative estimate of drug-likeness (QED) is 0.598. The molecule has 6 heteroatoms. The first-order chi connectivity index (χ1) is 12.9. The highest BCUT2D eigenvalue weighted by Crippen LogP contribution is 2.24. The smallest absolute Gasteiger partial charge is 0.254 e. The molecule has 0 radical (unpaired) electrons. The van der Waals surface area contributed by atoms with E-state index in [-0.39, 0.29) is 5.91 Å². The lowest BCUT2D eigenvalue weighted by Crippen LogP contribution is -2.26. The van der Waals surface area contributed by atoms with Gasteiger partial charge in [0.2, 0.25) is 0 Å². The average molecular weight is 402 g/mol. The second-order valence-corrected chi connectivity index (χ2v) is 8.22. The Bertz CT molecular complexity index is 966. The van der Waals surface area contributed by atoms with E-state index >= 15 is 0 Å². The topological polar surface area (TPSA) is 50.5 Å². The largest absolute Gasteiger partial charge is 0.459 e. The molecule has 1 aromatic heterocycles. The van der Waals surface area contributed by atoms with Crippen molar-refractivity contribution < 1.29 is 13.4 Å². The maximum absolute atomic E-state index is 12.7. The predicted molar refractivity (Wildman–Crippen MR) is 109 cm³/mol. The van der Waals surface area contributed by atoms with E-state index in [9.17, 15) is 9.00 Å². The molecular formula is C21H20ClNO3S. The minimum absolute atomic E-state index is 0.108. The normalized spacial score (nSPS) is 12.0. The van der Waals surface area contributed by atoms with Crippen molar-refractivity contribution in [3.05, 3.63) is 82.6 Å². The Morgan fingerprint density at radius 1 is 1.11 bits per heavy atom. The number of benzene rings is 2. The van der Waals surface area contributed by atoms with Gasteiger partial charge in [-0.2, -0.15) is 0 Å². The number of nitrogens with zero attached hydrogens (tertiary/aromatic N) is 1. The van der Waals surface area contributed by atoms with E-state index in [1.54, 1.807) is 30.3 Å². The lowest BCUT2D eigenvalue weighted by Gasteiger charge is -2.16. The molecule has 0 spiro atoms. The van der Waals surface area contributed by atoms with Crippen LogP contribution in [0.4, 0.5) is 0 Å². The van der Waals surface area contributed by atoms with Gasteiger partial charge in [-0.05, 0) is 54.1 Å². The van der Waals surface area contributed by atoms with E-state index in [2.05, 4.69) is 0 Å². The minimum Gasteiger partial charge on any atom is -0.459 e. The molecule has 0 saturated heterocycles. The van der Waals surface area contributed by atoms with Crippen LogP contribution in [0.5, 0.6) is 0 Å². The zero-order valence-electron chi connectivity index (χ0n) is 15.1. The first-order valence-corrected chi connectivity index (χ1v) is 10.5. The fourth-order valence-electron chi connectivity index (χ4n) is 2.79. The summed E-state index contributed by atoms with van der Waals surface area (Å²) in [6.07, 6.45) is 1.65. The van der Waals surface area contributed by atoms with Crippen molar-refractivity contribution in [1.82, 2.24) is 4.90 Å². The van der Waals surface area contributed by atoms with E-state index in [4.69, 9.17) is 16.0 Å². The number of halogens is 1. The van der Waals surface area contributed by atoms with Crippen LogP contribution in [-0.2, 0) is 23.1 Å². The molecule has 0 unspecified atom stereocenters. The Labute approximate surface area is 166 Å². The van der Waals surface area contributed by atoms with Gasteiger partial charge >= 0.3 is 0 Å². The van der Waals surface area contributed by atoms with Crippen molar-refractivity contribution in [3.8, 4) is 11.3 Å². The van der Waals surface area contributed by atoms with Crippen LogP contribution in [0.15, 0.2) is 65.1 Å². The van der Waals surface area contributed by atoms with Gasteiger partial charge in [0, 0.05) is 46.0 Å². The fourth-order valence-corrected chi connectivity index (χ4v) is 3.56. The van der Waals surface area contributed by atoms with E-state index in [1.165, 1.54) is 0 Å². The van der Waals surface area contributed by atoms with Crippen LogP contribution in [-0.4, -0.2) is 28.3 Å². The van der Waals surface area contributed by atoms with Crippen LogP contribution in [0.2, 0.25) is 5.02 Å². The average Bonchev–Trinajstić information content (AvgIpc) is 3.09. The number of carbonyl (C=O) groups excluding carboxylic acids is 1. The number of carbonyl (C=O) groups is 1. The van der Waals surface area contributed by atoms with Crippen LogP contribution in [0.3, 0.4) is 0 Å². The van der Waals surface area contributed by atoms with Crippen LogP contribution in [0, 0.1) is 0 Å². The molecule has 0 saturated carbocycles. The van der Waals surface area contributed by atoms with Gasteiger partial charge in [0.05, 0.1) is 6.54 Å². The summed E-state index contributed by atoms with van der Waals surface area (Å²) in [5, 5.41) is 0.671. The summed E-state index contributed by atoms with van der Waals surface area (Å²) in [6, 6.07) is 18.4. The van der Waals surface area contributed by atoms with Crippen LogP contribution in [0.1, 0.15) is 21.7 Å². The second-order valence-electron chi connectivity index (χ2n) is 6.35. The maximum Gasteiger partial charge on any atom is 0.254 e. The molecule has 2 aromatic carbocycles. The molecular weight excluding hydrogens is 382 g/mol. The molecule has 140 valence electrons. The zero-order valence-corrected chi connectivity index (χ0v) is 16.7. The summed E-state index contributed by atoms with van der Waals surface area (Å²) in [5.41, 5.74) is 2.39. The molecule has 0 fully saturated rings. The number of rotatable bonds is 6. The zero-order chi connectivity index (χ0) is 19.4. The Morgan fingerprint density at radius 2 is 1.85 bits per heavy atom. The summed E-state index contributed by atoms with van der Waals surface area (Å²) in [5.74, 6) is 1.76. The molecule has 0 N–H and O–H groups in total. The Hall–Kier alpha value is -2.37. The fraction of sp³-hybridized carbons (Fsp3) is 0.190. The molecule has 1 amide bonds. The van der Waals surface area contributed by atoms with Crippen molar-refractivity contribution >= 4 is 28.3 Å². The summed E-state index contributed by atoms with van der Waals surface area (Å²) in [6.45, 7) is 0.357. The monoisotopic (exact) mass is 401 g/mol. The van der Waals surface area contributed by atoms with E-state index in [0.29, 0.717) is 28.6 Å². The standard InChI is InChI=1S/C21H20ClNO3S/c1-23(21(24)17-5-3-4-15(12-17)14-27(2)25)13-19-10-11-20(26-19)16-6-8-18(22)9-7-16/h3-12H,13-14H2,1-2H3/t27-/m0/s1. The van der Waals surface area contributed by atoms with Crippen molar-refractivity contribution in [2.75, 3.05) is 13.3 Å². The lowest BCUT2D eigenvalue weighted by atomic mass is 10.1. The van der Waals surface area contributed by atoms with E-state index < -0.39 is 10.8 Å². The Balaban J connectivity index is 1.70. The van der Waals surface area contributed by atoms with Crippen molar-refractivity contribution in [1.29, 1.82) is 0 Å². The number of hydrogen-bond acceptors (Lipinski definition) is 3. The van der Waals surface area contributed by atoms with Gasteiger partial charge in [-0.1, -0.05) is 23.7 Å². The van der Waals surface area contributed by atoms with Gasteiger partial charge in [0.1, 0.15) is 11.5 Å². The molecule has 27 heavy (non-hydrogen) atoms. The Morgan fingerprint density at radius 3 is 2.56 bits per heavy atom. The molecule has 0 aliphatic carbocycles. The molecule has 1 heterocycles. The van der Waals surface area contributed by atoms with Crippen molar-refractivity contribution in [2.45, 2.75) is 12.3 Å². The first kappa shape index (κ1) is 19.4. The molecule has 3 rings (SSSR count). The number of amides is 1. The highest BCUT2D eigenvalue weighted by Gasteiger charge is 2.15. The minimum atomic E-state index is -0.945. The SMILES string of the molecule is CN(Cc1ccc(-c2ccc(Cl)cc2)o1)C(=O)c1cccc(C[S@](C)=O)c1. The summed E-state index contributed by atoms with van der Waals surface area (Å²) < 4.78 is 17.3. The Kier molecular flexibility index (Phi) is 6.14. The van der Waals surface area contributed by atoms with Gasteiger partial charge in [0.15, 0.2) is 0 Å². The van der Waals surface area contributed by atoms with Gasteiger partial charge < -0.3 is 9.32 Å². The van der Waals surface area contributed by atoms with Gasteiger partial charge in [0.25, 0.3) is 5.91 Å². The van der Waals surface area contributed by atoms with E-state index in [0.717, 1.165) is 16.9 Å². The highest BCUT2D eigenvalue weighted by atomic mass is 35.5.